The molecule has 4 aromatic rings. The highest BCUT2D eigenvalue weighted by atomic mass is 32.2. The minimum atomic E-state index is -4.37. The minimum Gasteiger partial charge on any atom is -0.481 e. The fourth-order valence-corrected chi connectivity index (χ4v) is 5.36. The van der Waals surface area contributed by atoms with Gasteiger partial charge in [0.2, 0.25) is 5.88 Å². The van der Waals surface area contributed by atoms with E-state index in [4.69, 9.17) is 4.74 Å². The minimum absolute atomic E-state index is 0.104. The van der Waals surface area contributed by atoms with E-state index in [2.05, 4.69) is 10.3 Å². The number of nitrogens with zero attached hydrogens (tertiary/aromatic N) is 2. The Kier molecular flexibility index (Phi) is 8.79. The molecule has 2 N–H and O–H groups in total. The summed E-state index contributed by atoms with van der Waals surface area (Å²) in [4.78, 5) is 28.5. The van der Waals surface area contributed by atoms with Gasteiger partial charge >= 0.3 is 0 Å². The van der Waals surface area contributed by atoms with Crippen molar-refractivity contribution >= 4 is 39.1 Å². The van der Waals surface area contributed by atoms with Gasteiger partial charge in [-0.1, -0.05) is 30.3 Å². The number of amides is 1. The number of ether oxygens (including phenoxy) is 1. The van der Waals surface area contributed by atoms with E-state index < -0.39 is 31.4 Å². The van der Waals surface area contributed by atoms with Crippen LogP contribution in [-0.2, 0) is 10.0 Å². The number of nitrogens with one attached hydrogen (secondary N) is 2. The van der Waals surface area contributed by atoms with Crippen LogP contribution in [0.5, 0.6) is 5.88 Å². The van der Waals surface area contributed by atoms with Gasteiger partial charge in [-0.2, -0.15) is 0 Å². The van der Waals surface area contributed by atoms with Crippen molar-refractivity contribution < 1.29 is 22.9 Å². The van der Waals surface area contributed by atoms with Gasteiger partial charge in [-0.25, -0.2) is 18.1 Å². The molecule has 3 aromatic carbocycles. The number of rotatable bonds is 11. The number of anilines is 1. The van der Waals surface area contributed by atoms with Crippen LogP contribution < -0.4 is 14.8 Å². The number of nitro benzene ring substituents is 1. The summed E-state index contributed by atoms with van der Waals surface area (Å²) in [6.45, 7) is 0.422. The zero-order valence-electron chi connectivity index (χ0n) is 20.7. The molecule has 0 bridgehead atoms. The molecule has 1 heterocycles. The molecule has 4 rings (SSSR count). The van der Waals surface area contributed by atoms with E-state index in [9.17, 15) is 23.3 Å². The highest BCUT2D eigenvalue weighted by Crippen LogP contribution is 2.28. The second-order valence-electron chi connectivity index (χ2n) is 8.13. The lowest BCUT2D eigenvalue weighted by Crippen LogP contribution is -2.30. The molecule has 1 amide bonds. The molecule has 200 valence electrons. The van der Waals surface area contributed by atoms with Crippen LogP contribution >= 0.6 is 11.8 Å². The first-order valence-electron chi connectivity index (χ1n) is 11.6. The highest BCUT2D eigenvalue weighted by molar-refractivity contribution is 7.99. The fourth-order valence-electron chi connectivity index (χ4n) is 3.58. The summed E-state index contributed by atoms with van der Waals surface area (Å²) < 4.78 is 32.8. The first-order valence-corrected chi connectivity index (χ1v) is 14.1. The van der Waals surface area contributed by atoms with Gasteiger partial charge in [0.1, 0.15) is 5.69 Å². The Labute approximate surface area is 229 Å². The molecule has 0 atom stereocenters. The van der Waals surface area contributed by atoms with Crippen LogP contribution in [0.2, 0.25) is 0 Å². The molecule has 1 aromatic heterocycles. The number of aromatic nitrogens is 1. The third-order valence-electron chi connectivity index (χ3n) is 5.56. The molecule has 10 nitrogen and oxygen atoms in total. The van der Waals surface area contributed by atoms with E-state index in [1.807, 2.05) is 35.1 Å². The largest absolute Gasteiger partial charge is 0.481 e. The summed E-state index contributed by atoms with van der Waals surface area (Å²) in [5.41, 5.74) is 1.43. The van der Waals surface area contributed by atoms with Gasteiger partial charge < -0.3 is 10.1 Å². The zero-order valence-corrected chi connectivity index (χ0v) is 22.4. The fraction of sp³-hybridized carbons (Fsp3) is 0.111. The number of pyridine rings is 1. The van der Waals surface area contributed by atoms with E-state index in [1.165, 1.54) is 31.4 Å². The van der Waals surface area contributed by atoms with E-state index in [1.54, 1.807) is 42.2 Å². The lowest BCUT2D eigenvalue weighted by Gasteiger charge is -2.11. The molecule has 39 heavy (non-hydrogen) atoms. The number of thioether (sulfide) groups is 1. The number of sulfonamides is 1. The quantitative estimate of drug-likeness (QED) is 0.112. The van der Waals surface area contributed by atoms with Crippen LogP contribution in [0.1, 0.15) is 10.4 Å². The van der Waals surface area contributed by atoms with Gasteiger partial charge in [-0.3, -0.25) is 14.9 Å². The van der Waals surface area contributed by atoms with Crippen LogP contribution in [0.3, 0.4) is 0 Å². The average molecular weight is 565 g/mol. The van der Waals surface area contributed by atoms with Crippen LogP contribution in [-0.4, -0.2) is 43.6 Å². The SMILES string of the molecule is COc1ccc(-c2ccc(C(=O)NS(=O)(=O)c3ccc(NCCSc4ccccc4)c([N+](=O)[O-])c3)cc2)cn1. The van der Waals surface area contributed by atoms with Crippen molar-refractivity contribution in [3.8, 4) is 17.0 Å². The number of hydrogen-bond acceptors (Lipinski definition) is 9. The zero-order chi connectivity index (χ0) is 27.8. The Bertz CT molecular complexity index is 1560. The van der Waals surface area contributed by atoms with Crippen molar-refractivity contribution in [2.45, 2.75) is 9.79 Å². The van der Waals surface area contributed by atoms with Crippen LogP contribution in [0, 0.1) is 10.1 Å². The van der Waals surface area contributed by atoms with Crippen molar-refractivity contribution in [1.82, 2.24) is 9.71 Å². The third kappa shape index (κ3) is 7.12. The first-order chi connectivity index (χ1) is 18.8. The maximum atomic E-state index is 12.9. The number of benzene rings is 3. The average Bonchev–Trinajstić information content (AvgIpc) is 2.95. The van der Waals surface area contributed by atoms with Gasteiger partial charge in [-0.15, -0.1) is 11.8 Å². The number of carbonyl (C=O) groups excluding carboxylic acids is 1. The highest BCUT2D eigenvalue weighted by Gasteiger charge is 2.24. The Morgan fingerprint density at radius 3 is 2.36 bits per heavy atom. The van der Waals surface area contributed by atoms with Gasteiger partial charge in [0.05, 0.1) is 16.9 Å². The second kappa shape index (κ2) is 12.4. The molecular formula is C27H24N4O6S2. The van der Waals surface area contributed by atoms with E-state index in [0.29, 0.717) is 18.2 Å². The predicted molar refractivity (Wildman–Crippen MR) is 150 cm³/mol. The standard InChI is InChI=1S/C27H24N4O6S2/c1-37-26-14-11-21(18-29-26)19-7-9-20(10-8-19)27(32)30-39(35,36)23-12-13-24(25(17-23)31(33)34)28-15-16-38-22-5-3-2-4-6-22/h2-14,17-18,28H,15-16H2,1H3,(H,30,32). The Morgan fingerprint density at radius 1 is 1.00 bits per heavy atom. The van der Waals surface area contributed by atoms with E-state index >= 15 is 0 Å². The van der Waals surface area contributed by atoms with Gasteiger partial charge in [-0.05, 0) is 48.0 Å². The summed E-state index contributed by atoms with van der Waals surface area (Å²) in [5.74, 6) is 0.244. The predicted octanol–water partition coefficient (Wildman–Crippen LogP) is 4.99. The van der Waals surface area contributed by atoms with Crippen LogP contribution in [0.15, 0.2) is 101 Å². The molecule has 0 saturated heterocycles. The molecule has 0 aliphatic heterocycles. The summed E-state index contributed by atoms with van der Waals surface area (Å²) >= 11 is 1.58. The van der Waals surface area contributed by atoms with E-state index in [-0.39, 0.29) is 11.3 Å². The van der Waals surface area contributed by atoms with Gasteiger partial charge in [0.15, 0.2) is 0 Å². The number of nitro groups is 1. The van der Waals surface area contributed by atoms with Crippen molar-refractivity contribution in [1.29, 1.82) is 0 Å². The van der Waals surface area contributed by atoms with Crippen molar-refractivity contribution in [3.63, 3.8) is 0 Å². The maximum Gasteiger partial charge on any atom is 0.293 e. The summed E-state index contributed by atoms with van der Waals surface area (Å²) in [5, 5.41) is 14.6. The summed E-state index contributed by atoms with van der Waals surface area (Å²) in [7, 11) is -2.86. The number of hydrogen-bond donors (Lipinski definition) is 2. The lowest BCUT2D eigenvalue weighted by atomic mass is 10.1. The Morgan fingerprint density at radius 2 is 1.72 bits per heavy atom. The monoisotopic (exact) mass is 564 g/mol. The first kappa shape index (κ1) is 27.6. The molecule has 0 aliphatic carbocycles. The molecule has 0 fully saturated rings. The topological polar surface area (TPSA) is 141 Å². The third-order valence-corrected chi connectivity index (χ3v) is 7.90. The second-order valence-corrected chi connectivity index (χ2v) is 11.0. The number of carbonyl (C=O) groups is 1. The van der Waals surface area contributed by atoms with Crippen molar-refractivity contribution in [2.75, 3.05) is 24.7 Å². The van der Waals surface area contributed by atoms with Gasteiger partial charge in [0.25, 0.3) is 21.6 Å². The molecule has 0 radical (unpaired) electrons. The van der Waals surface area contributed by atoms with Crippen molar-refractivity contribution in [2.24, 2.45) is 0 Å². The maximum absolute atomic E-state index is 12.9. The summed E-state index contributed by atoms with van der Waals surface area (Å²) in [6.07, 6.45) is 1.62. The normalized spacial score (nSPS) is 11.0. The van der Waals surface area contributed by atoms with Gasteiger partial charge in [0, 0.05) is 46.6 Å². The van der Waals surface area contributed by atoms with Crippen molar-refractivity contribution in [3.05, 3.63) is 107 Å². The molecule has 0 unspecified atom stereocenters. The molecular weight excluding hydrogens is 540 g/mol. The molecule has 0 spiro atoms. The van der Waals surface area contributed by atoms with E-state index in [0.717, 1.165) is 22.1 Å². The Hall–Kier alpha value is -4.42. The lowest BCUT2D eigenvalue weighted by molar-refractivity contribution is -0.384. The molecule has 0 aliphatic rings. The molecule has 0 saturated carbocycles. The van der Waals surface area contributed by atoms with Crippen LogP contribution in [0.25, 0.3) is 11.1 Å². The Balaban J connectivity index is 1.42. The van der Waals surface area contributed by atoms with Crippen LogP contribution in [0.4, 0.5) is 11.4 Å². The smallest absolute Gasteiger partial charge is 0.293 e. The number of methoxy groups -OCH3 is 1. The molecule has 12 heteroatoms. The summed E-state index contributed by atoms with van der Waals surface area (Å²) in [6, 6.07) is 23.0.